The van der Waals surface area contributed by atoms with E-state index in [-0.39, 0.29) is 17.1 Å². The molecule has 7 nitrogen and oxygen atoms in total. The van der Waals surface area contributed by atoms with Crippen molar-refractivity contribution in [1.82, 2.24) is 4.98 Å². The Morgan fingerprint density at radius 1 is 1.38 bits per heavy atom. The van der Waals surface area contributed by atoms with E-state index in [9.17, 15) is 14.9 Å². The van der Waals surface area contributed by atoms with Crippen LogP contribution >= 0.6 is 15.9 Å². The van der Waals surface area contributed by atoms with E-state index in [1.807, 2.05) is 13.0 Å². The first-order valence-electron chi connectivity index (χ1n) is 5.79. The maximum Gasteiger partial charge on any atom is 0.339 e. The van der Waals surface area contributed by atoms with Gasteiger partial charge in [0.05, 0.1) is 4.92 Å². The molecule has 0 saturated carbocycles. The van der Waals surface area contributed by atoms with Crippen LogP contribution in [0.5, 0.6) is 0 Å². The van der Waals surface area contributed by atoms with Gasteiger partial charge in [-0.2, -0.15) is 0 Å². The van der Waals surface area contributed by atoms with Crippen molar-refractivity contribution in [3.8, 4) is 0 Å². The zero-order valence-electron chi connectivity index (χ0n) is 10.8. The summed E-state index contributed by atoms with van der Waals surface area (Å²) in [6, 6.07) is 6.43. The Kier molecular flexibility index (Phi) is 4.18. The largest absolute Gasteiger partial charge is 0.478 e. The Balaban J connectivity index is 2.43. The van der Waals surface area contributed by atoms with Gasteiger partial charge in [0.1, 0.15) is 17.6 Å². The molecule has 0 aliphatic rings. The van der Waals surface area contributed by atoms with Crippen LogP contribution in [0.1, 0.15) is 15.9 Å². The highest BCUT2D eigenvalue weighted by atomic mass is 79.9. The molecule has 0 spiro atoms. The molecule has 8 heteroatoms. The fourth-order valence-electron chi connectivity index (χ4n) is 1.76. The zero-order chi connectivity index (χ0) is 15.6. The summed E-state index contributed by atoms with van der Waals surface area (Å²) in [5.74, 6) is -1.24. The van der Waals surface area contributed by atoms with Crippen LogP contribution in [0, 0.1) is 17.0 Å². The summed E-state index contributed by atoms with van der Waals surface area (Å²) in [5.41, 5.74) is 0.960. The van der Waals surface area contributed by atoms with E-state index in [4.69, 9.17) is 5.11 Å². The lowest BCUT2D eigenvalue weighted by Gasteiger charge is -2.09. The molecule has 21 heavy (non-hydrogen) atoms. The molecule has 0 atom stereocenters. The number of carboxylic acid groups (broad SMARTS) is 1. The fraction of sp³-hybridized carbons (Fsp3) is 0.0769. The molecule has 1 heterocycles. The van der Waals surface area contributed by atoms with Crippen molar-refractivity contribution in [2.75, 3.05) is 5.32 Å². The Morgan fingerprint density at radius 2 is 2.10 bits per heavy atom. The van der Waals surface area contributed by atoms with Crippen LogP contribution in [0.3, 0.4) is 0 Å². The summed E-state index contributed by atoms with van der Waals surface area (Å²) < 4.78 is 0.823. The first-order valence-corrected chi connectivity index (χ1v) is 6.58. The number of hydrogen-bond acceptors (Lipinski definition) is 5. The van der Waals surface area contributed by atoms with Crippen molar-refractivity contribution >= 4 is 39.1 Å². The first kappa shape index (κ1) is 14.9. The summed E-state index contributed by atoms with van der Waals surface area (Å²) in [7, 11) is 0. The molecule has 0 radical (unpaired) electrons. The van der Waals surface area contributed by atoms with Gasteiger partial charge in [0.2, 0.25) is 0 Å². The van der Waals surface area contributed by atoms with E-state index in [2.05, 4.69) is 26.2 Å². The molecule has 2 rings (SSSR count). The maximum absolute atomic E-state index is 11.2. The van der Waals surface area contributed by atoms with Crippen LogP contribution in [0.2, 0.25) is 0 Å². The number of aromatic nitrogens is 1. The van der Waals surface area contributed by atoms with E-state index in [0.717, 1.165) is 22.3 Å². The Bertz CT molecular complexity index is 713. The van der Waals surface area contributed by atoms with E-state index >= 15 is 0 Å². The van der Waals surface area contributed by atoms with Crippen molar-refractivity contribution in [3.63, 3.8) is 0 Å². The highest BCUT2D eigenvalue weighted by molar-refractivity contribution is 9.10. The lowest BCUT2D eigenvalue weighted by molar-refractivity contribution is -0.385. The second-order valence-corrected chi connectivity index (χ2v) is 5.21. The van der Waals surface area contributed by atoms with Crippen LogP contribution in [0.25, 0.3) is 0 Å². The van der Waals surface area contributed by atoms with E-state index in [1.165, 1.54) is 0 Å². The Labute approximate surface area is 127 Å². The predicted octanol–water partition coefficient (Wildman–Crippen LogP) is 3.50. The Morgan fingerprint density at radius 3 is 2.67 bits per heavy atom. The fourth-order valence-corrected chi connectivity index (χ4v) is 2.37. The number of nitrogens with one attached hydrogen (secondary N) is 1. The van der Waals surface area contributed by atoms with Gasteiger partial charge in [-0.3, -0.25) is 10.1 Å². The molecule has 2 N–H and O–H groups in total. The number of aromatic carboxylic acids is 1. The van der Waals surface area contributed by atoms with Gasteiger partial charge in [-0.1, -0.05) is 15.9 Å². The van der Waals surface area contributed by atoms with Crippen molar-refractivity contribution in [3.05, 3.63) is 56.2 Å². The van der Waals surface area contributed by atoms with Gasteiger partial charge in [-0.15, -0.1) is 0 Å². The standard InChI is InChI=1S/C13H10BrN3O4/c1-7-2-8(14)4-9(3-7)16-12-11(13(18)19)5-10(6-15-12)17(20)21/h2-6H,1H3,(H,15,16)(H,18,19). The first-order chi connectivity index (χ1) is 9.86. The number of anilines is 2. The summed E-state index contributed by atoms with van der Waals surface area (Å²) in [6.45, 7) is 1.89. The number of hydrogen-bond donors (Lipinski definition) is 2. The molecule has 0 bridgehead atoms. The molecule has 0 fully saturated rings. The molecule has 0 aliphatic carbocycles. The van der Waals surface area contributed by atoms with Crippen molar-refractivity contribution < 1.29 is 14.8 Å². The predicted molar refractivity (Wildman–Crippen MR) is 80.0 cm³/mol. The molecule has 0 amide bonds. The smallest absolute Gasteiger partial charge is 0.339 e. The maximum atomic E-state index is 11.2. The zero-order valence-corrected chi connectivity index (χ0v) is 12.4. The second kappa shape index (κ2) is 5.88. The van der Waals surface area contributed by atoms with Crippen LogP contribution in [0.15, 0.2) is 34.9 Å². The third-order valence-corrected chi connectivity index (χ3v) is 3.08. The number of carbonyl (C=O) groups is 1. The monoisotopic (exact) mass is 351 g/mol. The average molecular weight is 352 g/mol. The van der Waals surface area contributed by atoms with Crippen molar-refractivity contribution in [2.24, 2.45) is 0 Å². The van der Waals surface area contributed by atoms with Gasteiger partial charge < -0.3 is 10.4 Å². The molecule has 1 aromatic carbocycles. The lowest BCUT2D eigenvalue weighted by atomic mass is 10.2. The van der Waals surface area contributed by atoms with Gasteiger partial charge in [-0.25, -0.2) is 9.78 Å². The number of pyridine rings is 1. The quantitative estimate of drug-likeness (QED) is 0.644. The number of nitro groups is 1. The summed E-state index contributed by atoms with van der Waals surface area (Å²) in [4.78, 5) is 25.0. The van der Waals surface area contributed by atoms with Crippen LogP contribution in [0.4, 0.5) is 17.2 Å². The molecular weight excluding hydrogens is 342 g/mol. The molecular formula is C13H10BrN3O4. The average Bonchev–Trinajstić information content (AvgIpc) is 2.37. The topological polar surface area (TPSA) is 105 Å². The molecule has 1 aromatic heterocycles. The minimum atomic E-state index is -1.29. The Hall–Kier alpha value is -2.48. The molecule has 0 saturated heterocycles. The van der Waals surface area contributed by atoms with Gasteiger partial charge in [0.15, 0.2) is 0 Å². The highest BCUT2D eigenvalue weighted by Crippen LogP contribution is 2.25. The number of aryl methyl sites for hydroxylation is 1. The minimum absolute atomic E-state index is 0.0469. The minimum Gasteiger partial charge on any atom is -0.478 e. The van der Waals surface area contributed by atoms with Crippen molar-refractivity contribution in [2.45, 2.75) is 6.92 Å². The summed E-state index contributed by atoms with van der Waals surface area (Å²) in [6.07, 6.45) is 1.01. The normalized spacial score (nSPS) is 10.2. The van der Waals surface area contributed by atoms with Crippen LogP contribution < -0.4 is 5.32 Å². The number of carboxylic acids is 1. The number of nitrogens with zero attached hydrogens (tertiary/aromatic N) is 2. The lowest BCUT2D eigenvalue weighted by Crippen LogP contribution is -2.06. The number of halogens is 1. The van der Waals surface area contributed by atoms with Crippen LogP contribution in [-0.2, 0) is 0 Å². The van der Waals surface area contributed by atoms with E-state index < -0.39 is 10.9 Å². The van der Waals surface area contributed by atoms with E-state index in [1.54, 1.807) is 12.1 Å². The third-order valence-electron chi connectivity index (χ3n) is 2.62. The van der Waals surface area contributed by atoms with Gasteiger partial charge in [0.25, 0.3) is 5.69 Å². The highest BCUT2D eigenvalue weighted by Gasteiger charge is 2.17. The second-order valence-electron chi connectivity index (χ2n) is 4.29. The third kappa shape index (κ3) is 3.54. The SMILES string of the molecule is Cc1cc(Br)cc(Nc2ncc([N+](=O)[O-])cc2C(=O)O)c1. The number of benzene rings is 1. The van der Waals surface area contributed by atoms with Gasteiger partial charge in [0, 0.05) is 16.2 Å². The van der Waals surface area contributed by atoms with Gasteiger partial charge in [-0.05, 0) is 30.7 Å². The van der Waals surface area contributed by atoms with Crippen molar-refractivity contribution in [1.29, 1.82) is 0 Å². The molecule has 0 aliphatic heterocycles. The van der Waals surface area contributed by atoms with E-state index in [0.29, 0.717) is 5.69 Å². The molecule has 2 aromatic rings. The molecule has 0 unspecified atom stereocenters. The van der Waals surface area contributed by atoms with Crippen LogP contribution in [-0.4, -0.2) is 21.0 Å². The summed E-state index contributed by atoms with van der Waals surface area (Å²) in [5, 5.41) is 22.7. The summed E-state index contributed by atoms with van der Waals surface area (Å²) >= 11 is 3.34. The van der Waals surface area contributed by atoms with Gasteiger partial charge >= 0.3 is 5.97 Å². The number of rotatable bonds is 4. The molecule has 108 valence electrons.